The molecule has 4 heterocycles. The fourth-order valence-corrected chi connectivity index (χ4v) is 3.16. The second kappa shape index (κ2) is 7.02. The number of aromatic nitrogens is 4. The summed E-state index contributed by atoms with van der Waals surface area (Å²) >= 11 is 0. The van der Waals surface area contributed by atoms with Crippen LogP contribution in [0.1, 0.15) is 23.7 Å². The van der Waals surface area contributed by atoms with Gasteiger partial charge in [-0.3, -0.25) is 14.6 Å². The minimum Gasteiger partial charge on any atom is -0.353 e. The normalized spacial score (nSPS) is 16.5. The van der Waals surface area contributed by atoms with Crippen LogP contribution in [0, 0.1) is 0 Å². The Bertz CT molecular complexity index is 986. The van der Waals surface area contributed by atoms with E-state index >= 15 is 0 Å². The average Bonchev–Trinajstić information content (AvgIpc) is 3.27. The van der Waals surface area contributed by atoms with Crippen molar-refractivity contribution in [2.24, 2.45) is 0 Å². The van der Waals surface area contributed by atoms with Crippen LogP contribution in [0.25, 0.3) is 5.65 Å². The minimum absolute atomic E-state index is 0.0196. The molecular formula is C18H19N7O2. The maximum absolute atomic E-state index is 12.2. The van der Waals surface area contributed by atoms with Crippen LogP contribution in [-0.2, 0) is 4.79 Å². The van der Waals surface area contributed by atoms with E-state index in [-0.39, 0.29) is 17.9 Å². The maximum atomic E-state index is 12.2. The van der Waals surface area contributed by atoms with Crippen LogP contribution in [0.15, 0.2) is 42.9 Å². The van der Waals surface area contributed by atoms with Gasteiger partial charge in [0.2, 0.25) is 5.91 Å². The van der Waals surface area contributed by atoms with Gasteiger partial charge in [-0.25, -0.2) is 9.50 Å². The van der Waals surface area contributed by atoms with Crippen LogP contribution in [0.4, 0.5) is 11.6 Å². The van der Waals surface area contributed by atoms with E-state index in [1.807, 2.05) is 12.1 Å². The molecule has 4 rings (SSSR count). The molecule has 2 N–H and O–H groups in total. The molecule has 0 radical (unpaired) electrons. The molecule has 27 heavy (non-hydrogen) atoms. The third-order valence-corrected chi connectivity index (χ3v) is 4.39. The topological polar surface area (TPSA) is 105 Å². The summed E-state index contributed by atoms with van der Waals surface area (Å²) in [6, 6.07) is 7.28. The van der Waals surface area contributed by atoms with E-state index in [0.29, 0.717) is 17.0 Å². The van der Waals surface area contributed by atoms with Crippen molar-refractivity contribution in [2.75, 3.05) is 23.3 Å². The molecule has 1 aliphatic heterocycles. The SMILES string of the molecule is CC(=O)N[C@@H]1CCN(c2ccc3nc(NC(=O)c4cccnc4)cn3n2)C1. The second-order valence-corrected chi connectivity index (χ2v) is 6.45. The van der Waals surface area contributed by atoms with E-state index in [2.05, 4.69) is 30.6 Å². The molecule has 9 nitrogen and oxygen atoms in total. The summed E-state index contributed by atoms with van der Waals surface area (Å²) in [5.41, 5.74) is 1.10. The molecular weight excluding hydrogens is 346 g/mol. The van der Waals surface area contributed by atoms with Crippen LogP contribution in [0.3, 0.4) is 0 Å². The van der Waals surface area contributed by atoms with Crippen molar-refractivity contribution < 1.29 is 9.59 Å². The fraction of sp³-hybridized carbons (Fsp3) is 0.278. The number of carbonyl (C=O) groups excluding carboxylic acids is 2. The Kier molecular flexibility index (Phi) is 4.41. The van der Waals surface area contributed by atoms with Crippen molar-refractivity contribution >= 4 is 29.1 Å². The summed E-state index contributed by atoms with van der Waals surface area (Å²) in [6.45, 7) is 3.07. The van der Waals surface area contributed by atoms with E-state index in [4.69, 9.17) is 0 Å². The highest BCUT2D eigenvalue weighted by atomic mass is 16.2. The molecule has 2 amide bonds. The number of pyridine rings is 1. The van der Waals surface area contributed by atoms with Crippen LogP contribution in [-0.4, -0.2) is 50.5 Å². The molecule has 0 saturated carbocycles. The van der Waals surface area contributed by atoms with E-state index in [0.717, 1.165) is 25.3 Å². The van der Waals surface area contributed by atoms with Crippen molar-refractivity contribution in [1.29, 1.82) is 0 Å². The van der Waals surface area contributed by atoms with Gasteiger partial charge in [0.05, 0.1) is 11.8 Å². The molecule has 0 bridgehead atoms. The van der Waals surface area contributed by atoms with Gasteiger partial charge < -0.3 is 15.5 Å². The maximum Gasteiger partial charge on any atom is 0.258 e. The van der Waals surface area contributed by atoms with Gasteiger partial charge in [-0.05, 0) is 30.7 Å². The Labute approximate surface area is 155 Å². The van der Waals surface area contributed by atoms with Gasteiger partial charge in [0.25, 0.3) is 5.91 Å². The first-order chi connectivity index (χ1) is 13.1. The molecule has 0 aliphatic carbocycles. The fourth-order valence-electron chi connectivity index (χ4n) is 3.16. The minimum atomic E-state index is -0.274. The number of hydrogen-bond donors (Lipinski definition) is 2. The van der Waals surface area contributed by atoms with E-state index < -0.39 is 0 Å². The number of fused-ring (bicyclic) bond motifs is 1. The van der Waals surface area contributed by atoms with Crippen LogP contribution in [0.5, 0.6) is 0 Å². The monoisotopic (exact) mass is 365 g/mol. The van der Waals surface area contributed by atoms with Crippen molar-refractivity contribution in [3.63, 3.8) is 0 Å². The lowest BCUT2D eigenvalue weighted by Gasteiger charge is -2.17. The quantitative estimate of drug-likeness (QED) is 0.717. The van der Waals surface area contributed by atoms with Gasteiger partial charge >= 0.3 is 0 Å². The lowest BCUT2D eigenvalue weighted by atomic mass is 10.3. The molecule has 9 heteroatoms. The highest BCUT2D eigenvalue weighted by Crippen LogP contribution is 2.19. The molecule has 1 fully saturated rings. The van der Waals surface area contributed by atoms with E-state index in [9.17, 15) is 9.59 Å². The van der Waals surface area contributed by atoms with Crippen LogP contribution < -0.4 is 15.5 Å². The van der Waals surface area contributed by atoms with Crippen molar-refractivity contribution in [3.8, 4) is 0 Å². The largest absolute Gasteiger partial charge is 0.353 e. The molecule has 1 aliphatic rings. The number of amides is 2. The summed E-state index contributed by atoms with van der Waals surface area (Å²) < 4.78 is 1.64. The molecule has 3 aromatic heterocycles. The summed E-state index contributed by atoms with van der Waals surface area (Å²) in [6.07, 6.45) is 5.67. The van der Waals surface area contributed by atoms with Crippen molar-refractivity contribution in [3.05, 3.63) is 48.4 Å². The zero-order chi connectivity index (χ0) is 18.8. The molecule has 0 spiro atoms. The number of anilines is 2. The summed E-state index contributed by atoms with van der Waals surface area (Å²) in [5.74, 6) is 0.933. The number of nitrogens with zero attached hydrogens (tertiary/aromatic N) is 5. The summed E-state index contributed by atoms with van der Waals surface area (Å²) in [5, 5.41) is 10.3. The molecule has 0 aromatic carbocycles. The van der Waals surface area contributed by atoms with Gasteiger partial charge in [-0.1, -0.05) is 0 Å². The van der Waals surface area contributed by atoms with Crippen LogP contribution >= 0.6 is 0 Å². The Morgan fingerprint density at radius 1 is 1.26 bits per heavy atom. The first-order valence-corrected chi connectivity index (χ1v) is 8.68. The number of imidazole rings is 1. The predicted octanol–water partition coefficient (Wildman–Crippen LogP) is 1.09. The molecule has 0 unspecified atom stereocenters. The van der Waals surface area contributed by atoms with Gasteiger partial charge in [0.15, 0.2) is 11.5 Å². The van der Waals surface area contributed by atoms with E-state index in [1.165, 1.54) is 13.1 Å². The van der Waals surface area contributed by atoms with Crippen molar-refractivity contribution in [2.45, 2.75) is 19.4 Å². The molecule has 1 saturated heterocycles. The number of carbonyl (C=O) groups is 2. The number of hydrogen-bond acceptors (Lipinski definition) is 6. The predicted molar refractivity (Wildman–Crippen MR) is 99.6 cm³/mol. The summed E-state index contributed by atoms with van der Waals surface area (Å²) in [4.78, 5) is 33.9. The van der Waals surface area contributed by atoms with E-state index in [1.54, 1.807) is 29.0 Å². The lowest BCUT2D eigenvalue weighted by Crippen LogP contribution is -2.35. The Morgan fingerprint density at radius 2 is 2.15 bits per heavy atom. The highest BCUT2D eigenvalue weighted by Gasteiger charge is 2.24. The molecule has 138 valence electrons. The average molecular weight is 365 g/mol. The molecule has 3 aromatic rings. The third-order valence-electron chi connectivity index (χ3n) is 4.39. The second-order valence-electron chi connectivity index (χ2n) is 6.45. The number of rotatable bonds is 4. The van der Waals surface area contributed by atoms with Gasteiger partial charge in [0.1, 0.15) is 5.82 Å². The summed E-state index contributed by atoms with van der Waals surface area (Å²) in [7, 11) is 0. The smallest absolute Gasteiger partial charge is 0.258 e. The van der Waals surface area contributed by atoms with Gasteiger partial charge in [-0.15, -0.1) is 5.10 Å². The highest BCUT2D eigenvalue weighted by molar-refractivity contribution is 6.03. The standard InChI is InChI=1S/C18H19N7O2/c1-12(26)20-14-6-8-24(10-14)17-5-4-16-21-15(11-25(16)23-17)22-18(27)13-3-2-7-19-9-13/h2-5,7,9,11,14H,6,8,10H2,1H3,(H,20,26)(H,22,27)/t14-/m1/s1. The lowest BCUT2D eigenvalue weighted by molar-refractivity contribution is -0.119. The Hall–Kier alpha value is -3.49. The van der Waals surface area contributed by atoms with Gasteiger partial charge in [-0.2, -0.15) is 0 Å². The third kappa shape index (κ3) is 3.71. The zero-order valence-corrected chi connectivity index (χ0v) is 14.8. The first-order valence-electron chi connectivity index (χ1n) is 8.68. The zero-order valence-electron chi connectivity index (χ0n) is 14.8. The Balaban J connectivity index is 1.49. The number of nitrogens with one attached hydrogen (secondary N) is 2. The van der Waals surface area contributed by atoms with Crippen molar-refractivity contribution in [1.82, 2.24) is 24.9 Å². The first kappa shape index (κ1) is 17.0. The Morgan fingerprint density at radius 3 is 2.93 bits per heavy atom. The van der Waals surface area contributed by atoms with Gasteiger partial charge in [0, 0.05) is 38.4 Å². The molecule has 1 atom stereocenters. The van der Waals surface area contributed by atoms with Crippen LogP contribution in [0.2, 0.25) is 0 Å².